The molecule has 0 fully saturated rings. The first-order chi connectivity index (χ1) is 17.1. The van der Waals surface area contributed by atoms with E-state index in [1.54, 1.807) is 18.5 Å². The summed E-state index contributed by atoms with van der Waals surface area (Å²) in [5.74, 6) is -0.892. The highest BCUT2D eigenvalue weighted by atomic mass is 16.4. The predicted molar refractivity (Wildman–Crippen MR) is 143 cm³/mol. The largest absolute Gasteiger partial charge is 0.478 e. The molecule has 1 aromatic heterocycles. The number of anilines is 2. The van der Waals surface area contributed by atoms with Crippen molar-refractivity contribution < 1.29 is 9.90 Å². The maximum Gasteiger partial charge on any atom is 0.336 e. The first kappa shape index (κ1) is 24.9. The summed E-state index contributed by atoms with van der Waals surface area (Å²) in [6.07, 6.45) is 12.1. The SMILES string of the molecule is CCCCCCc1ccc(N(C)c2ccc3c(c2)CCN[C@H]3CCc2cnccc2C(=O)O)cc1. The lowest BCUT2D eigenvalue weighted by atomic mass is 9.89. The maximum absolute atomic E-state index is 11.5. The van der Waals surface area contributed by atoms with Crippen molar-refractivity contribution in [3.63, 3.8) is 0 Å². The summed E-state index contributed by atoms with van der Waals surface area (Å²) in [5.41, 5.74) is 7.63. The Hall–Kier alpha value is -3.18. The molecule has 0 saturated carbocycles. The van der Waals surface area contributed by atoms with E-state index in [0.29, 0.717) is 12.0 Å². The number of carboxylic acid groups (broad SMARTS) is 1. The standard InChI is InChI=1S/C30H37N3O2/c1-3-4-5-6-7-22-8-11-25(12-9-22)33(2)26-13-14-27-23(20-26)16-19-32-29(27)15-10-24-21-31-18-17-28(24)30(34)35/h8-9,11-14,17-18,20-21,29,32H,3-7,10,15-16,19H2,1-2H3,(H,34,35)/t29-/m0/s1. The van der Waals surface area contributed by atoms with Gasteiger partial charge < -0.3 is 15.3 Å². The topological polar surface area (TPSA) is 65.5 Å². The van der Waals surface area contributed by atoms with Gasteiger partial charge in [0, 0.05) is 36.9 Å². The van der Waals surface area contributed by atoms with Gasteiger partial charge in [-0.2, -0.15) is 0 Å². The number of rotatable bonds is 11. The van der Waals surface area contributed by atoms with Crippen LogP contribution in [0.5, 0.6) is 0 Å². The van der Waals surface area contributed by atoms with Crippen LogP contribution in [-0.4, -0.2) is 29.7 Å². The van der Waals surface area contributed by atoms with Crippen LogP contribution < -0.4 is 10.2 Å². The van der Waals surface area contributed by atoms with E-state index in [0.717, 1.165) is 31.4 Å². The fraction of sp³-hybridized carbons (Fsp3) is 0.400. The van der Waals surface area contributed by atoms with Gasteiger partial charge in [-0.15, -0.1) is 0 Å². The lowest BCUT2D eigenvalue weighted by Crippen LogP contribution is -2.30. The molecule has 0 unspecified atom stereocenters. The minimum absolute atomic E-state index is 0.215. The Kier molecular flexibility index (Phi) is 8.54. The molecule has 0 radical (unpaired) electrons. The summed E-state index contributed by atoms with van der Waals surface area (Å²) in [6, 6.07) is 17.5. The number of pyridine rings is 1. The third kappa shape index (κ3) is 6.29. The van der Waals surface area contributed by atoms with Crippen molar-refractivity contribution >= 4 is 17.3 Å². The maximum atomic E-state index is 11.5. The number of nitrogens with one attached hydrogen (secondary N) is 1. The molecule has 1 atom stereocenters. The molecule has 4 rings (SSSR count). The van der Waals surface area contributed by atoms with Crippen LogP contribution in [0, 0.1) is 0 Å². The lowest BCUT2D eigenvalue weighted by molar-refractivity contribution is 0.0695. The van der Waals surface area contributed by atoms with Crippen LogP contribution in [0.1, 0.15) is 77.7 Å². The summed E-state index contributed by atoms with van der Waals surface area (Å²) in [4.78, 5) is 17.9. The molecular weight excluding hydrogens is 434 g/mol. The number of unbranched alkanes of at least 4 members (excludes halogenated alkanes) is 3. The monoisotopic (exact) mass is 471 g/mol. The van der Waals surface area contributed by atoms with Crippen molar-refractivity contribution in [3.05, 3.63) is 88.7 Å². The Balaban J connectivity index is 1.42. The molecule has 2 N–H and O–H groups in total. The highest BCUT2D eigenvalue weighted by molar-refractivity contribution is 5.89. The predicted octanol–water partition coefficient (Wildman–Crippen LogP) is 6.49. The Morgan fingerprint density at radius 1 is 1.06 bits per heavy atom. The van der Waals surface area contributed by atoms with Gasteiger partial charge in [0.05, 0.1) is 5.56 Å². The number of hydrogen-bond acceptors (Lipinski definition) is 4. The first-order valence-electron chi connectivity index (χ1n) is 12.9. The minimum atomic E-state index is -0.892. The van der Waals surface area contributed by atoms with E-state index in [1.807, 2.05) is 0 Å². The number of aromatic nitrogens is 1. The van der Waals surface area contributed by atoms with Crippen molar-refractivity contribution in [2.75, 3.05) is 18.5 Å². The van der Waals surface area contributed by atoms with Gasteiger partial charge in [-0.05, 0) is 91.2 Å². The van der Waals surface area contributed by atoms with E-state index in [9.17, 15) is 9.90 Å². The molecule has 2 heterocycles. The van der Waals surface area contributed by atoms with Crippen molar-refractivity contribution in [2.45, 2.75) is 64.3 Å². The Bertz CT molecular complexity index is 1130. The van der Waals surface area contributed by atoms with Crippen LogP contribution in [0.25, 0.3) is 0 Å². The number of aryl methyl sites for hydroxylation is 2. The molecule has 0 saturated heterocycles. The van der Waals surface area contributed by atoms with Crippen LogP contribution in [0.2, 0.25) is 0 Å². The lowest BCUT2D eigenvalue weighted by Gasteiger charge is -2.29. The van der Waals surface area contributed by atoms with Gasteiger partial charge in [0.1, 0.15) is 0 Å². The van der Waals surface area contributed by atoms with Gasteiger partial charge in [-0.25, -0.2) is 4.79 Å². The molecule has 0 aliphatic carbocycles. The number of fused-ring (bicyclic) bond motifs is 1. The van der Waals surface area contributed by atoms with E-state index in [1.165, 1.54) is 53.7 Å². The Morgan fingerprint density at radius 2 is 1.86 bits per heavy atom. The van der Waals surface area contributed by atoms with Gasteiger partial charge in [-0.3, -0.25) is 4.98 Å². The van der Waals surface area contributed by atoms with Crippen LogP contribution in [0.4, 0.5) is 11.4 Å². The summed E-state index contributed by atoms with van der Waals surface area (Å²) in [6.45, 7) is 3.18. The summed E-state index contributed by atoms with van der Waals surface area (Å²) in [7, 11) is 2.13. The number of aromatic carboxylic acids is 1. The second-order valence-corrected chi connectivity index (χ2v) is 9.55. The number of carbonyl (C=O) groups is 1. The minimum Gasteiger partial charge on any atom is -0.478 e. The smallest absolute Gasteiger partial charge is 0.336 e. The fourth-order valence-corrected chi connectivity index (χ4v) is 5.03. The average molecular weight is 472 g/mol. The van der Waals surface area contributed by atoms with Crippen LogP contribution in [-0.2, 0) is 19.3 Å². The molecular formula is C30H37N3O2. The molecule has 3 aromatic rings. The number of hydrogen-bond donors (Lipinski definition) is 2. The zero-order valence-electron chi connectivity index (χ0n) is 21.0. The van der Waals surface area contributed by atoms with Gasteiger partial charge in [0.15, 0.2) is 0 Å². The van der Waals surface area contributed by atoms with E-state index in [2.05, 4.69) is 71.6 Å². The van der Waals surface area contributed by atoms with E-state index < -0.39 is 5.97 Å². The molecule has 184 valence electrons. The second-order valence-electron chi connectivity index (χ2n) is 9.55. The number of carboxylic acids is 1. The highest BCUT2D eigenvalue weighted by Crippen LogP contribution is 2.32. The molecule has 1 aliphatic heterocycles. The van der Waals surface area contributed by atoms with Gasteiger partial charge in [-0.1, -0.05) is 44.4 Å². The molecule has 0 bridgehead atoms. The Labute approximate surface area is 209 Å². The normalized spacial score (nSPS) is 15.0. The van der Waals surface area contributed by atoms with Gasteiger partial charge >= 0.3 is 5.97 Å². The van der Waals surface area contributed by atoms with Gasteiger partial charge in [0.2, 0.25) is 0 Å². The van der Waals surface area contributed by atoms with E-state index in [-0.39, 0.29) is 6.04 Å². The third-order valence-corrected chi connectivity index (χ3v) is 7.15. The quantitative estimate of drug-likeness (QED) is 0.313. The number of benzene rings is 2. The number of nitrogens with zero attached hydrogens (tertiary/aromatic N) is 2. The first-order valence-corrected chi connectivity index (χ1v) is 12.9. The fourth-order valence-electron chi connectivity index (χ4n) is 5.03. The summed E-state index contributed by atoms with van der Waals surface area (Å²) >= 11 is 0. The van der Waals surface area contributed by atoms with Crippen molar-refractivity contribution in [1.29, 1.82) is 0 Å². The van der Waals surface area contributed by atoms with E-state index >= 15 is 0 Å². The molecule has 5 heteroatoms. The van der Waals surface area contributed by atoms with Crippen LogP contribution >= 0.6 is 0 Å². The van der Waals surface area contributed by atoms with Crippen molar-refractivity contribution in [1.82, 2.24) is 10.3 Å². The third-order valence-electron chi connectivity index (χ3n) is 7.15. The van der Waals surface area contributed by atoms with Crippen LogP contribution in [0.15, 0.2) is 60.9 Å². The molecule has 35 heavy (non-hydrogen) atoms. The zero-order chi connectivity index (χ0) is 24.6. The molecule has 0 amide bonds. The average Bonchev–Trinajstić information content (AvgIpc) is 2.89. The van der Waals surface area contributed by atoms with E-state index in [4.69, 9.17) is 0 Å². The van der Waals surface area contributed by atoms with Crippen LogP contribution in [0.3, 0.4) is 0 Å². The second kappa shape index (κ2) is 12.0. The van der Waals surface area contributed by atoms with Gasteiger partial charge in [0.25, 0.3) is 0 Å². The molecule has 2 aromatic carbocycles. The highest BCUT2D eigenvalue weighted by Gasteiger charge is 2.21. The van der Waals surface area contributed by atoms with Crippen molar-refractivity contribution in [3.8, 4) is 0 Å². The summed E-state index contributed by atoms with van der Waals surface area (Å²) in [5, 5.41) is 13.1. The zero-order valence-corrected chi connectivity index (χ0v) is 21.0. The molecule has 5 nitrogen and oxygen atoms in total. The Morgan fingerprint density at radius 3 is 2.63 bits per heavy atom. The summed E-state index contributed by atoms with van der Waals surface area (Å²) < 4.78 is 0. The molecule has 1 aliphatic rings. The van der Waals surface area contributed by atoms with Crippen molar-refractivity contribution in [2.24, 2.45) is 0 Å². The molecule has 0 spiro atoms.